The number of benzene rings is 1. The first-order valence-electron chi connectivity index (χ1n) is 6.85. The molecule has 1 aromatic carbocycles. The van der Waals surface area contributed by atoms with Crippen LogP contribution in [0.1, 0.15) is 32.3 Å². The first-order chi connectivity index (χ1) is 8.76. The van der Waals surface area contributed by atoms with E-state index in [4.69, 9.17) is 4.74 Å². The van der Waals surface area contributed by atoms with Crippen molar-refractivity contribution in [2.24, 2.45) is 0 Å². The molecule has 0 bridgehead atoms. The summed E-state index contributed by atoms with van der Waals surface area (Å²) in [5, 5.41) is 3.24. The highest BCUT2D eigenvalue weighted by Gasteiger charge is 1.98. The van der Waals surface area contributed by atoms with Crippen molar-refractivity contribution in [3.8, 4) is 5.75 Å². The van der Waals surface area contributed by atoms with Crippen LogP contribution in [0.2, 0.25) is 0 Å². The van der Waals surface area contributed by atoms with Crippen molar-refractivity contribution in [2.45, 2.75) is 33.1 Å². The Morgan fingerprint density at radius 3 is 2.56 bits per heavy atom. The normalized spacial score (nSPS) is 10.3. The van der Waals surface area contributed by atoms with Crippen LogP contribution in [-0.2, 0) is 6.42 Å². The molecule has 0 radical (unpaired) electrons. The molecule has 2 heteroatoms. The fourth-order valence-corrected chi connectivity index (χ4v) is 1.67. The highest BCUT2D eigenvalue weighted by Crippen LogP contribution is 2.14. The zero-order valence-electron chi connectivity index (χ0n) is 11.7. The molecule has 1 rings (SSSR count). The molecule has 0 aliphatic rings. The van der Waals surface area contributed by atoms with Gasteiger partial charge in [0.2, 0.25) is 0 Å². The standard InChI is InChI=1S/C16H25NO/c1-4-6-7-15-8-10-16(11-9-15)18-13-14(3)12-17-5-2/h8-11,17H,3-7,12-13H2,1-2H3. The van der Waals surface area contributed by atoms with Crippen molar-refractivity contribution in [3.05, 3.63) is 42.0 Å². The molecule has 0 fully saturated rings. The van der Waals surface area contributed by atoms with Crippen LogP contribution in [0.15, 0.2) is 36.4 Å². The van der Waals surface area contributed by atoms with Crippen LogP contribution >= 0.6 is 0 Å². The third kappa shape index (κ3) is 5.87. The summed E-state index contributed by atoms with van der Waals surface area (Å²) in [6.07, 6.45) is 3.64. The van der Waals surface area contributed by atoms with E-state index in [1.54, 1.807) is 0 Å². The number of aryl methyl sites for hydroxylation is 1. The van der Waals surface area contributed by atoms with E-state index in [1.165, 1.54) is 18.4 Å². The van der Waals surface area contributed by atoms with Gasteiger partial charge < -0.3 is 10.1 Å². The third-order valence-corrected chi connectivity index (χ3v) is 2.81. The van der Waals surface area contributed by atoms with Crippen molar-refractivity contribution in [1.29, 1.82) is 0 Å². The zero-order chi connectivity index (χ0) is 13.2. The van der Waals surface area contributed by atoms with Crippen LogP contribution in [0.4, 0.5) is 0 Å². The predicted molar refractivity (Wildman–Crippen MR) is 78.2 cm³/mol. The molecule has 0 amide bonds. The summed E-state index contributed by atoms with van der Waals surface area (Å²) in [6, 6.07) is 8.40. The van der Waals surface area contributed by atoms with E-state index >= 15 is 0 Å². The third-order valence-electron chi connectivity index (χ3n) is 2.81. The number of hydrogen-bond acceptors (Lipinski definition) is 2. The second kappa shape index (κ2) is 8.76. The Labute approximate surface area is 111 Å². The SMILES string of the molecule is C=C(CNCC)COc1ccc(CCCC)cc1. The molecule has 0 atom stereocenters. The fraction of sp³-hybridized carbons (Fsp3) is 0.500. The first-order valence-corrected chi connectivity index (χ1v) is 6.85. The van der Waals surface area contributed by atoms with Crippen molar-refractivity contribution >= 4 is 0 Å². The molecule has 18 heavy (non-hydrogen) atoms. The van der Waals surface area contributed by atoms with E-state index in [9.17, 15) is 0 Å². The quantitative estimate of drug-likeness (QED) is 0.674. The second-order valence-electron chi connectivity index (χ2n) is 4.57. The van der Waals surface area contributed by atoms with Crippen LogP contribution in [0, 0.1) is 0 Å². The molecule has 0 aliphatic heterocycles. The molecule has 0 saturated carbocycles. The van der Waals surface area contributed by atoms with E-state index in [-0.39, 0.29) is 0 Å². The molecule has 100 valence electrons. The molecular formula is C16H25NO. The van der Waals surface area contributed by atoms with Crippen LogP contribution in [0.3, 0.4) is 0 Å². The summed E-state index contributed by atoms with van der Waals surface area (Å²) in [4.78, 5) is 0. The fourth-order valence-electron chi connectivity index (χ4n) is 1.67. The summed E-state index contributed by atoms with van der Waals surface area (Å²) >= 11 is 0. The van der Waals surface area contributed by atoms with Crippen molar-refractivity contribution in [1.82, 2.24) is 5.32 Å². The molecule has 0 aromatic heterocycles. The van der Waals surface area contributed by atoms with E-state index in [1.807, 2.05) is 12.1 Å². The van der Waals surface area contributed by atoms with Gasteiger partial charge in [-0.05, 0) is 42.7 Å². The summed E-state index contributed by atoms with van der Waals surface area (Å²) < 4.78 is 5.68. The van der Waals surface area contributed by atoms with Crippen LogP contribution in [-0.4, -0.2) is 19.7 Å². The Morgan fingerprint density at radius 1 is 1.22 bits per heavy atom. The Kier molecular flexibility index (Phi) is 7.19. The van der Waals surface area contributed by atoms with Gasteiger partial charge in [0, 0.05) is 6.54 Å². The van der Waals surface area contributed by atoms with Crippen molar-refractivity contribution < 1.29 is 4.74 Å². The van der Waals surface area contributed by atoms with E-state index in [0.29, 0.717) is 6.61 Å². The highest BCUT2D eigenvalue weighted by molar-refractivity contribution is 5.27. The maximum Gasteiger partial charge on any atom is 0.119 e. The average Bonchev–Trinajstić information content (AvgIpc) is 2.41. The van der Waals surface area contributed by atoms with E-state index in [0.717, 1.165) is 30.8 Å². The lowest BCUT2D eigenvalue weighted by Crippen LogP contribution is -2.18. The molecule has 1 N–H and O–H groups in total. The van der Waals surface area contributed by atoms with Gasteiger partial charge in [0.15, 0.2) is 0 Å². The Balaban J connectivity index is 2.32. The molecular weight excluding hydrogens is 222 g/mol. The topological polar surface area (TPSA) is 21.3 Å². The van der Waals surface area contributed by atoms with Gasteiger partial charge in [-0.1, -0.05) is 39.0 Å². The maximum atomic E-state index is 5.68. The zero-order valence-corrected chi connectivity index (χ0v) is 11.7. The lowest BCUT2D eigenvalue weighted by atomic mass is 10.1. The number of ether oxygens (including phenoxy) is 1. The van der Waals surface area contributed by atoms with Gasteiger partial charge in [-0.15, -0.1) is 0 Å². The lowest BCUT2D eigenvalue weighted by Gasteiger charge is -2.09. The minimum Gasteiger partial charge on any atom is -0.489 e. The van der Waals surface area contributed by atoms with Crippen molar-refractivity contribution in [3.63, 3.8) is 0 Å². The van der Waals surface area contributed by atoms with Gasteiger partial charge in [-0.25, -0.2) is 0 Å². The maximum absolute atomic E-state index is 5.68. The van der Waals surface area contributed by atoms with Gasteiger partial charge in [-0.2, -0.15) is 0 Å². The van der Waals surface area contributed by atoms with Crippen LogP contribution < -0.4 is 10.1 Å². The summed E-state index contributed by atoms with van der Waals surface area (Å²) in [5.74, 6) is 0.924. The van der Waals surface area contributed by atoms with Gasteiger partial charge in [0.05, 0.1) is 0 Å². The monoisotopic (exact) mass is 247 g/mol. The Bertz CT molecular complexity index is 343. The van der Waals surface area contributed by atoms with E-state index in [2.05, 4.69) is 37.9 Å². The number of hydrogen-bond donors (Lipinski definition) is 1. The minimum atomic E-state index is 0.585. The second-order valence-corrected chi connectivity index (χ2v) is 4.57. The van der Waals surface area contributed by atoms with Gasteiger partial charge >= 0.3 is 0 Å². The lowest BCUT2D eigenvalue weighted by molar-refractivity contribution is 0.348. The largest absolute Gasteiger partial charge is 0.489 e. The van der Waals surface area contributed by atoms with E-state index < -0.39 is 0 Å². The molecule has 0 spiro atoms. The predicted octanol–water partition coefficient (Wildman–Crippen LogP) is 3.57. The summed E-state index contributed by atoms with van der Waals surface area (Å²) in [6.45, 7) is 10.7. The van der Waals surface area contributed by atoms with Gasteiger partial charge in [0.25, 0.3) is 0 Å². The minimum absolute atomic E-state index is 0.585. The van der Waals surface area contributed by atoms with Crippen molar-refractivity contribution in [2.75, 3.05) is 19.7 Å². The number of likely N-dealkylation sites (N-methyl/N-ethyl adjacent to an activating group) is 1. The molecule has 0 aliphatic carbocycles. The first kappa shape index (κ1) is 14.8. The molecule has 2 nitrogen and oxygen atoms in total. The highest BCUT2D eigenvalue weighted by atomic mass is 16.5. The van der Waals surface area contributed by atoms with Crippen LogP contribution in [0.5, 0.6) is 5.75 Å². The van der Waals surface area contributed by atoms with Gasteiger partial charge in [-0.3, -0.25) is 0 Å². The average molecular weight is 247 g/mol. The number of rotatable bonds is 9. The molecule has 0 unspecified atom stereocenters. The summed E-state index contributed by atoms with van der Waals surface area (Å²) in [7, 11) is 0. The number of nitrogens with one attached hydrogen (secondary N) is 1. The smallest absolute Gasteiger partial charge is 0.119 e. The molecule has 0 heterocycles. The Morgan fingerprint density at radius 2 is 1.94 bits per heavy atom. The Hall–Kier alpha value is -1.28. The van der Waals surface area contributed by atoms with Crippen LogP contribution in [0.25, 0.3) is 0 Å². The molecule has 0 saturated heterocycles. The number of unbranched alkanes of at least 4 members (excludes halogenated alkanes) is 1. The summed E-state index contributed by atoms with van der Waals surface area (Å²) in [5.41, 5.74) is 2.46. The van der Waals surface area contributed by atoms with Gasteiger partial charge in [0.1, 0.15) is 12.4 Å². The molecule has 1 aromatic rings.